The Bertz CT molecular complexity index is 564. The minimum absolute atomic E-state index is 0.602. The van der Waals surface area contributed by atoms with E-state index < -0.39 is 0 Å². The second-order valence-electron chi connectivity index (χ2n) is 9.38. The average Bonchev–Trinajstić information content (AvgIpc) is 2.75. The van der Waals surface area contributed by atoms with E-state index in [2.05, 4.69) is 50.3 Å². The molecule has 0 heterocycles. The van der Waals surface area contributed by atoms with Gasteiger partial charge >= 0.3 is 0 Å². The molecular weight excluding hydrogens is 340 g/mol. The zero-order valence-electron chi connectivity index (χ0n) is 18.4. The van der Waals surface area contributed by atoms with Crippen molar-refractivity contribution in [3.63, 3.8) is 0 Å². The van der Waals surface area contributed by atoms with Crippen molar-refractivity contribution in [2.24, 2.45) is 17.8 Å². The molecule has 1 fully saturated rings. The largest absolute Gasteiger partial charge is 0.493 e. The topological polar surface area (TPSA) is 9.23 Å². The van der Waals surface area contributed by atoms with E-state index in [-0.39, 0.29) is 0 Å². The Balaban J connectivity index is 1.38. The van der Waals surface area contributed by atoms with E-state index in [9.17, 15) is 0 Å². The maximum absolute atomic E-state index is 6.15. The van der Waals surface area contributed by atoms with Gasteiger partial charge in [-0.2, -0.15) is 0 Å². The van der Waals surface area contributed by atoms with Crippen LogP contribution in [-0.4, -0.2) is 6.61 Å². The van der Waals surface area contributed by atoms with Crippen molar-refractivity contribution in [2.75, 3.05) is 6.61 Å². The van der Waals surface area contributed by atoms with Gasteiger partial charge < -0.3 is 4.74 Å². The van der Waals surface area contributed by atoms with Crippen molar-refractivity contribution in [1.29, 1.82) is 0 Å². The third-order valence-corrected chi connectivity index (χ3v) is 7.10. The van der Waals surface area contributed by atoms with Crippen LogP contribution in [0.15, 0.2) is 36.4 Å². The van der Waals surface area contributed by atoms with E-state index >= 15 is 0 Å². The fourth-order valence-electron chi connectivity index (χ4n) is 5.16. The Kier molecular flexibility index (Phi) is 8.96. The summed E-state index contributed by atoms with van der Waals surface area (Å²) < 4.78 is 6.15. The minimum atomic E-state index is 0.602. The highest BCUT2D eigenvalue weighted by Crippen LogP contribution is 2.34. The molecule has 2 aliphatic carbocycles. The summed E-state index contributed by atoms with van der Waals surface area (Å²) in [5.74, 6) is 4.22. The molecule has 0 spiro atoms. The zero-order valence-corrected chi connectivity index (χ0v) is 18.4. The van der Waals surface area contributed by atoms with Crippen LogP contribution < -0.4 is 4.74 Å². The molecule has 1 nitrogen and oxygen atoms in total. The van der Waals surface area contributed by atoms with Crippen LogP contribution in [0.1, 0.15) is 102 Å². The highest BCUT2D eigenvalue weighted by atomic mass is 16.5. The number of benzene rings is 1. The normalized spacial score (nSPS) is 27.6. The van der Waals surface area contributed by atoms with Crippen LogP contribution in [0.25, 0.3) is 0 Å². The molecule has 156 valence electrons. The summed E-state index contributed by atoms with van der Waals surface area (Å²) in [6.45, 7) is 5.50. The van der Waals surface area contributed by atoms with Crippen LogP contribution in [-0.2, 0) is 0 Å². The Morgan fingerprint density at radius 3 is 2.14 bits per heavy atom. The highest BCUT2D eigenvalue weighted by Gasteiger charge is 2.21. The second kappa shape index (κ2) is 11.7. The molecule has 0 aromatic heterocycles. The number of rotatable bonds is 10. The van der Waals surface area contributed by atoms with Gasteiger partial charge in [0.15, 0.2) is 0 Å². The molecule has 28 heavy (non-hydrogen) atoms. The van der Waals surface area contributed by atoms with E-state index in [0.717, 1.165) is 30.1 Å². The molecule has 2 atom stereocenters. The molecule has 0 bridgehead atoms. The summed E-state index contributed by atoms with van der Waals surface area (Å²) in [7, 11) is 0. The quantitative estimate of drug-likeness (QED) is 0.292. The molecule has 2 unspecified atom stereocenters. The fraction of sp³-hybridized carbons (Fsp3) is 0.704. The van der Waals surface area contributed by atoms with Gasteiger partial charge in [-0.25, -0.2) is 0 Å². The van der Waals surface area contributed by atoms with E-state index in [0.29, 0.717) is 5.92 Å². The molecule has 0 aliphatic heterocycles. The molecule has 1 aromatic rings. The van der Waals surface area contributed by atoms with Gasteiger partial charge in [-0.3, -0.25) is 0 Å². The fourth-order valence-corrected chi connectivity index (χ4v) is 5.16. The van der Waals surface area contributed by atoms with Gasteiger partial charge in [0, 0.05) is 5.92 Å². The summed E-state index contributed by atoms with van der Waals surface area (Å²) in [4.78, 5) is 0. The highest BCUT2D eigenvalue weighted by molar-refractivity contribution is 5.32. The first-order valence-electron chi connectivity index (χ1n) is 12.2. The molecule has 1 saturated carbocycles. The van der Waals surface area contributed by atoms with Gasteiger partial charge in [-0.1, -0.05) is 83.1 Å². The molecule has 1 heteroatoms. The molecule has 1 aromatic carbocycles. The summed E-state index contributed by atoms with van der Waals surface area (Å²) in [5, 5.41) is 0. The Morgan fingerprint density at radius 1 is 0.750 bits per heavy atom. The molecule has 0 N–H and O–H groups in total. The van der Waals surface area contributed by atoms with Crippen LogP contribution in [0.2, 0.25) is 0 Å². The smallest absolute Gasteiger partial charge is 0.119 e. The van der Waals surface area contributed by atoms with Crippen LogP contribution >= 0.6 is 0 Å². The summed E-state index contributed by atoms with van der Waals surface area (Å²) in [5.41, 5.74) is 1.45. The number of hydrogen-bond acceptors (Lipinski definition) is 1. The first-order valence-corrected chi connectivity index (χ1v) is 12.2. The predicted octanol–water partition coefficient (Wildman–Crippen LogP) is 8.30. The minimum Gasteiger partial charge on any atom is -0.493 e. The molecular formula is C27H42O. The van der Waals surface area contributed by atoms with Gasteiger partial charge in [-0.15, -0.1) is 0 Å². The van der Waals surface area contributed by atoms with Gasteiger partial charge in [0.2, 0.25) is 0 Å². The number of ether oxygens (including phenoxy) is 1. The van der Waals surface area contributed by atoms with E-state index in [1.54, 1.807) is 0 Å². The third kappa shape index (κ3) is 6.68. The monoisotopic (exact) mass is 382 g/mol. The van der Waals surface area contributed by atoms with Crippen LogP contribution in [0.5, 0.6) is 5.75 Å². The Labute approximate surface area is 174 Å². The lowest BCUT2D eigenvalue weighted by atomic mass is 9.80. The lowest BCUT2D eigenvalue weighted by Crippen LogP contribution is -2.20. The van der Waals surface area contributed by atoms with Crippen molar-refractivity contribution >= 4 is 0 Å². The summed E-state index contributed by atoms with van der Waals surface area (Å²) in [6.07, 6.45) is 21.4. The number of unbranched alkanes of at least 4 members (excludes halogenated alkanes) is 2. The SMILES string of the molecule is CCCCCC1CCC(COc2ccc(C3C=CC(CCC)CC3)cc2)CC1. The van der Waals surface area contributed by atoms with Crippen molar-refractivity contribution in [3.05, 3.63) is 42.0 Å². The predicted molar refractivity (Wildman–Crippen MR) is 121 cm³/mol. The van der Waals surface area contributed by atoms with Gasteiger partial charge in [0.05, 0.1) is 6.61 Å². The molecule has 3 rings (SSSR count). The number of hydrogen-bond donors (Lipinski definition) is 0. The third-order valence-electron chi connectivity index (χ3n) is 7.10. The first-order chi connectivity index (χ1) is 13.8. The number of allylic oxidation sites excluding steroid dienone is 2. The van der Waals surface area contributed by atoms with E-state index in [1.165, 1.54) is 82.6 Å². The molecule has 0 amide bonds. The Hall–Kier alpha value is -1.24. The van der Waals surface area contributed by atoms with E-state index in [1.807, 2.05) is 0 Å². The summed E-state index contributed by atoms with van der Waals surface area (Å²) >= 11 is 0. The lowest BCUT2D eigenvalue weighted by Gasteiger charge is -2.28. The van der Waals surface area contributed by atoms with Crippen molar-refractivity contribution in [3.8, 4) is 5.75 Å². The second-order valence-corrected chi connectivity index (χ2v) is 9.38. The summed E-state index contributed by atoms with van der Waals surface area (Å²) in [6, 6.07) is 8.96. The first kappa shape index (κ1) is 21.5. The van der Waals surface area contributed by atoms with E-state index in [4.69, 9.17) is 4.74 Å². The standard InChI is InChI=1S/C27H42O/c1-3-5-6-8-23-9-11-24(12-10-23)21-28-27-19-17-26(18-20-27)25-15-13-22(7-4-2)14-16-25/h13,15,17-20,22-25H,3-12,14,16,21H2,1-2H3. The van der Waals surface area contributed by atoms with Gasteiger partial charge in [0.25, 0.3) is 0 Å². The average molecular weight is 383 g/mol. The molecule has 0 saturated heterocycles. The molecule has 0 radical (unpaired) electrons. The lowest BCUT2D eigenvalue weighted by molar-refractivity contribution is 0.177. The Morgan fingerprint density at radius 2 is 1.50 bits per heavy atom. The van der Waals surface area contributed by atoms with Crippen molar-refractivity contribution in [2.45, 2.75) is 96.8 Å². The maximum atomic E-state index is 6.15. The maximum Gasteiger partial charge on any atom is 0.119 e. The van der Waals surface area contributed by atoms with Crippen molar-refractivity contribution < 1.29 is 4.74 Å². The van der Waals surface area contributed by atoms with Crippen LogP contribution in [0.3, 0.4) is 0 Å². The molecule has 2 aliphatic rings. The van der Waals surface area contributed by atoms with Crippen LogP contribution in [0.4, 0.5) is 0 Å². The van der Waals surface area contributed by atoms with Gasteiger partial charge in [-0.05, 0) is 67.6 Å². The van der Waals surface area contributed by atoms with Crippen LogP contribution in [0, 0.1) is 17.8 Å². The van der Waals surface area contributed by atoms with Crippen molar-refractivity contribution in [1.82, 2.24) is 0 Å². The van der Waals surface area contributed by atoms with Gasteiger partial charge in [0.1, 0.15) is 5.75 Å². The zero-order chi connectivity index (χ0) is 19.6.